The summed E-state index contributed by atoms with van der Waals surface area (Å²) in [5, 5.41) is 0. The van der Waals surface area contributed by atoms with Crippen LogP contribution in [-0.2, 0) is 14.3 Å². The Morgan fingerprint density at radius 1 is 1.08 bits per heavy atom. The third kappa shape index (κ3) is 2.67. The van der Waals surface area contributed by atoms with Crippen molar-refractivity contribution in [3.8, 4) is 0 Å². The molecule has 0 bridgehead atoms. The summed E-state index contributed by atoms with van der Waals surface area (Å²) in [5.41, 5.74) is 0.472. The smallest absolute Gasteiger partial charge is 0.321 e. The molecule has 4 aliphatic carbocycles. The van der Waals surface area contributed by atoms with Crippen LogP contribution in [0.25, 0.3) is 0 Å². The summed E-state index contributed by atoms with van der Waals surface area (Å²) in [7, 11) is 0. The number of rotatable bonds is 2. The fourth-order valence-electron chi connectivity index (χ4n) is 7.38. The molecule has 4 fully saturated rings. The minimum Gasteiger partial charge on any atom is -0.461 e. The fourth-order valence-corrected chi connectivity index (χ4v) is 7.44. The Hall–Kier alpha value is -0.570. The highest BCUT2D eigenvalue weighted by atomic mass is 35.5. The summed E-state index contributed by atoms with van der Waals surface area (Å²) in [6.07, 6.45) is 9.75. The summed E-state index contributed by atoms with van der Waals surface area (Å²) < 4.78 is 5.74. The number of Topliss-reactive ketones (excluding diaryl/α,β-unsaturated/α-hetero) is 1. The van der Waals surface area contributed by atoms with Gasteiger partial charge in [0.15, 0.2) is 0 Å². The Kier molecular flexibility index (Phi) is 4.46. The monoisotopic (exact) mass is 366 g/mol. The molecule has 140 valence electrons. The number of carbonyl (C=O) groups is 2. The van der Waals surface area contributed by atoms with E-state index in [-0.39, 0.29) is 23.4 Å². The molecule has 0 aromatic carbocycles. The molecule has 0 radical (unpaired) electrons. The van der Waals surface area contributed by atoms with Crippen molar-refractivity contribution in [2.45, 2.75) is 77.7 Å². The molecule has 7 atom stereocenters. The van der Waals surface area contributed by atoms with E-state index >= 15 is 0 Å². The maximum absolute atomic E-state index is 12.0. The molecule has 0 amide bonds. The average molecular weight is 367 g/mol. The zero-order chi connectivity index (χ0) is 17.8. The van der Waals surface area contributed by atoms with Crippen molar-refractivity contribution >= 4 is 23.4 Å². The predicted molar refractivity (Wildman–Crippen MR) is 97.3 cm³/mol. The molecule has 0 saturated heterocycles. The van der Waals surface area contributed by atoms with Crippen LogP contribution in [0, 0.1) is 34.5 Å². The molecular weight excluding hydrogens is 336 g/mol. The Morgan fingerprint density at radius 3 is 2.60 bits per heavy atom. The molecule has 0 heterocycles. The van der Waals surface area contributed by atoms with Crippen LogP contribution in [0.4, 0.5) is 0 Å². The summed E-state index contributed by atoms with van der Waals surface area (Å²) >= 11 is 5.67. The zero-order valence-electron chi connectivity index (χ0n) is 15.6. The van der Waals surface area contributed by atoms with Gasteiger partial charge in [-0.15, -0.1) is 11.6 Å². The highest BCUT2D eigenvalue weighted by molar-refractivity contribution is 6.26. The van der Waals surface area contributed by atoms with Gasteiger partial charge in [0.2, 0.25) is 0 Å². The van der Waals surface area contributed by atoms with Crippen molar-refractivity contribution in [1.29, 1.82) is 0 Å². The van der Waals surface area contributed by atoms with Crippen LogP contribution in [0.2, 0.25) is 0 Å². The Balaban J connectivity index is 1.56. The predicted octanol–water partition coefficient (Wildman–Crippen LogP) is 4.75. The molecule has 25 heavy (non-hydrogen) atoms. The number of hydrogen-bond donors (Lipinski definition) is 0. The number of ketones is 1. The van der Waals surface area contributed by atoms with Crippen LogP contribution in [-0.4, -0.2) is 23.7 Å². The lowest BCUT2D eigenvalue weighted by Gasteiger charge is -2.60. The summed E-state index contributed by atoms with van der Waals surface area (Å²) in [4.78, 5) is 23.7. The summed E-state index contributed by atoms with van der Waals surface area (Å²) in [5.74, 6) is 2.93. The fraction of sp³-hybridized carbons (Fsp3) is 0.905. The van der Waals surface area contributed by atoms with Gasteiger partial charge in [-0.05, 0) is 74.0 Å². The van der Waals surface area contributed by atoms with Gasteiger partial charge in [0.25, 0.3) is 0 Å². The lowest BCUT2D eigenvalue weighted by Crippen LogP contribution is -2.54. The summed E-state index contributed by atoms with van der Waals surface area (Å²) in [6, 6.07) is 0. The lowest BCUT2D eigenvalue weighted by atomic mass is 9.45. The van der Waals surface area contributed by atoms with Gasteiger partial charge in [0, 0.05) is 18.3 Å². The highest BCUT2D eigenvalue weighted by Crippen LogP contribution is 2.66. The van der Waals surface area contributed by atoms with Gasteiger partial charge in [-0.25, -0.2) is 0 Å². The van der Waals surface area contributed by atoms with Gasteiger partial charge in [0.1, 0.15) is 17.8 Å². The van der Waals surface area contributed by atoms with Crippen molar-refractivity contribution in [2.75, 3.05) is 5.88 Å². The van der Waals surface area contributed by atoms with E-state index in [9.17, 15) is 9.59 Å². The second kappa shape index (κ2) is 6.25. The van der Waals surface area contributed by atoms with Crippen LogP contribution >= 0.6 is 11.6 Å². The van der Waals surface area contributed by atoms with Gasteiger partial charge in [-0.3, -0.25) is 9.59 Å². The molecule has 0 aliphatic heterocycles. The average Bonchev–Trinajstić information content (AvgIpc) is 2.92. The maximum Gasteiger partial charge on any atom is 0.321 e. The quantitative estimate of drug-likeness (QED) is 0.523. The van der Waals surface area contributed by atoms with Gasteiger partial charge < -0.3 is 4.74 Å². The normalized spacial score (nSPS) is 49.1. The first-order chi connectivity index (χ1) is 11.9. The molecule has 0 aromatic rings. The van der Waals surface area contributed by atoms with E-state index in [2.05, 4.69) is 13.8 Å². The third-order valence-corrected chi connectivity index (χ3v) is 9.00. The van der Waals surface area contributed by atoms with Crippen molar-refractivity contribution in [1.82, 2.24) is 0 Å². The third-order valence-electron chi connectivity index (χ3n) is 8.78. The van der Waals surface area contributed by atoms with E-state index in [1.807, 2.05) is 0 Å². The zero-order valence-corrected chi connectivity index (χ0v) is 16.3. The molecule has 4 rings (SSSR count). The number of esters is 1. The SMILES string of the molecule is C[C@]12CCC(=O)C[C@@H]1CC[C@@H]1[C@@H]2CC[C@]2(C)[C@@H](OC(=O)CCl)CC[C@@H]12. The number of halogens is 1. The number of carbonyl (C=O) groups excluding carboxylic acids is 2. The van der Waals surface area contributed by atoms with Crippen LogP contribution in [0.3, 0.4) is 0 Å². The Bertz CT molecular complexity index is 575. The van der Waals surface area contributed by atoms with Crippen LogP contribution in [0.1, 0.15) is 71.6 Å². The minimum absolute atomic E-state index is 0.0446. The largest absolute Gasteiger partial charge is 0.461 e. The first-order valence-corrected chi connectivity index (χ1v) is 10.7. The van der Waals surface area contributed by atoms with Crippen LogP contribution in [0.15, 0.2) is 0 Å². The van der Waals surface area contributed by atoms with E-state index in [1.54, 1.807) is 0 Å². The van der Waals surface area contributed by atoms with Crippen molar-refractivity contribution in [2.24, 2.45) is 34.5 Å². The van der Waals surface area contributed by atoms with Gasteiger partial charge in [-0.2, -0.15) is 0 Å². The topological polar surface area (TPSA) is 43.4 Å². The standard InChI is InChI=1S/C21H31ClO3/c1-20-9-7-14(23)11-13(20)3-4-15-16-5-6-18(25-19(24)12-22)21(16,2)10-8-17(15)20/h13,15-18H,3-12H2,1-2H3/t13-,15-,16-,17-,18-,20-,21-/m0/s1. The molecular formula is C21H31ClO3. The van der Waals surface area contributed by atoms with Gasteiger partial charge in [-0.1, -0.05) is 13.8 Å². The number of hydrogen-bond acceptors (Lipinski definition) is 3. The second-order valence-corrected chi connectivity index (χ2v) is 9.90. The highest BCUT2D eigenvalue weighted by Gasteiger charge is 2.61. The maximum atomic E-state index is 12.0. The first kappa shape index (κ1) is 17.8. The second-order valence-electron chi connectivity index (χ2n) is 9.63. The van der Waals surface area contributed by atoms with Crippen molar-refractivity contribution in [3.63, 3.8) is 0 Å². The number of alkyl halides is 1. The lowest BCUT2D eigenvalue weighted by molar-refractivity contribution is -0.161. The van der Waals surface area contributed by atoms with E-state index in [4.69, 9.17) is 16.3 Å². The molecule has 4 saturated carbocycles. The first-order valence-electron chi connectivity index (χ1n) is 10.2. The molecule has 3 nitrogen and oxygen atoms in total. The Labute approximate surface area is 156 Å². The Morgan fingerprint density at radius 2 is 1.84 bits per heavy atom. The number of fused-ring (bicyclic) bond motifs is 5. The van der Waals surface area contributed by atoms with E-state index < -0.39 is 0 Å². The van der Waals surface area contributed by atoms with Crippen molar-refractivity contribution in [3.05, 3.63) is 0 Å². The number of ether oxygens (including phenoxy) is 1. The minimum atomic E-state index is -0.267. The van der Waals surface area contributed by atoms with Gasteiger partial charge >= 0.3 is 5.97 Å². The van der Waals surface area contributed by atoms with E-state index in [0.29, 0.717) is 23.0 Å². The van der Waals surface area contributed by atoms with E-state index in [0.717, 1.165) is 43.9 Å². The molecule has 0 aromatic heterocycles. The molecule has 0 N–H and O–H groups in total. The molecule has 0 unspecified atom stereocenters. The molecule has 4 aliphatic rings. The van der Waals surface area contributed by atoms with Crippen LogP contribution in [0.5, 0.6) is 0 Å². The molecule has 0 spiro atoms. The van der Waals surface area contributed by atoms with Gasteiger partial charge in [0.05, 0.1) is 0 Å². The molecule has 4 heteroatoms. The summed E-state index contributed by atoms with van der Waals surface area (Å²) in [6.45, 7) is 4.83. The van der Waals surface area contributed by atoms with Crippen LogP contribution < -0.4 is 0 Å². The van der Waals surface area contributed by atoms with Crippen molar-refractivity contribution < 1.29 is 14.3 Å². The van der Waals surface area contributed by atoms with E-state index in [1.165, 1.54) is 25.7 Å².